The summed E-state index contributed by atoms with van der Waals surface area (Å²) in [5, 5.41) is 6.02. The minimum atomic E-state index is -0.285. The van der Waals surface area contributed by atoms with Gasteiger partial charge in [-0.05, 0) is 31.7 Å². The predicted molar refractivity (Wildman–Crippen MR) is 94.9 cm³/mol. The maximum absolute atomic E-state index is 13.0. The van der Waals surface area contributed by atoms with Crippen molar-refractivity contribution < 1.29 is 4.79 Å². The Hall–Kier alpha value is -2.48. The van der Waals surface area contributed by atoms with E-state index in [2.05, 4.69) is 10.1 Å². The van der Waals surface area contributed by atoms with Crippen LogP contribution < -0.4 is 5.56 Å². The Labute approximate surface area is 148 Å². The van der Waals surface area contributed by atoms with Gasteiger partial charge in [-0.25, -0.2) is 4.98 Å². The van der Waals surface area contributed by atoms with Gasteiger partial charge in [0.15, 0.2) is 4.96 Å². The summed E-state index contributed by atoms with van der Waals surface area (Å²) in [6, 6.07) is 2.03. The molecule has 130 valence electrons. The summed E-state index contributed by atoms with van der Waals surface area (Å²) >= 11 is 1.38. The number of fused-ring (bicyclic) bond motifs is 1. The summed E-state index contributed by atoms with van der Waals surface area (Å²) < 4.78 is 3.33. The summed E-state index contributed by atoms with van der Waals surface area (Å²) in [5.41, 5.74) is -0.130. The lowest BCUT2D eigenvalue weighted by Gasteiger charge is -2.35. The molecule has 1 fully saturated rings. The minimum Gasteiger partial charge on any atom is -0.335 e. The number of rotatable bonds is 4. The van der Waals surface area contributed by atoms with Gasteiger partial charge in [-0.3, -0.25) is 18.7 Å². The van der Waals surface area contributed by atoms with E-state index in [9.17, 15) is 9.59 Å². The fourth-order valence-corrected chi connectivity index (χ4v) is 4.08. The minimum absolute atomic E-state index is 0.132. The fraction of sp³-hybridized carbons (Fsp3) is 0.412. The smallest absolute Gasteiger partial charge is 0.271 e. The number of amides is 1. The quantitative estimate of drug-likeness (QED) is 0.716. The predicted octanol–water partition coefficient (Wildman–Crippen LogP) is 2.04. The third kappa shape index (κ3) is 3.09. The molecule has 7 nitrogen and oxygen atoms in total. The Morgan fingerprint density at radius 1 is 1.32 bits per heavy atom. The van der Waals surface area contributed by atoms with Crippen LogP contribution in [0.4, 0.5) is 0 Å². The molecule has 0 saturated carbocycles. The largest absolute Gasteiger partial charge is 0.335 e. The second-order valence-electron chi connectivity index (χ2n) is 6.24. The average Bonchev–Trinajstić information content (AvgIpc) is 3.32. The van der Waals surface area contributed by atoms with Gasteiger partial charge in [0.05, 0.1) is 0 Å². The molecule has 3 aromatic heterocycles. The maximum atomic E-state index is 13.0. The van der Waals surface area contributed by atoms with Gasteiger partial charge in [0.1, 0.15) is 5.56 Å². The molecule has 25 heavy (non-hydrogen) atoms. The van der Waals surface area contributed by atoms with Crippen molar-refractivity contribution in [2.24, 2.45) is 0 Å². The number of aryl methyl sites for hydroxylation is 1. The molecule has 4 rings (SSSR count). The summed E-state index contributed by atoms with van der Waals surface area (Å²) in [5.74, 6) is -0.205. The maximum Gasteiger partial charge on any atom is 0.271 e. The van der Waals surface area contributed by atoms with E-state index in [1.54, 1.807) is 17.8 Å². The average molecular weight is 357 g/mol. The van der Waals surface area contributed by atoms with Gasteiger partial charge >= 0.3 is 0 Å². The molecule has 1 saturated heterocycles. The normalized spacial score (nSPS) is 17.9. The number of likely N-dealkylation sites (tertiary alicyclic amines) is 1. The van der Waals surface area contributed by atoms with Crippen LogP contribution in [0.25, 0.3) is 4.96 Å². The molecule has 0 aromatic carbocycles. The van der Waals surface area contributed by atoms with Crippen LogP contribution in [-0.4, -0.2) is 42.6 Å². The highest BCUT2D eigenvalue weighted by molar-refractivity contribution is 7.15. The molecule has 1 amide bonds. The van der Waals surface area contributed by atoms with Crippen LogP contribution in [0.1, 0.15) is 36.0 Å². The molecule has 1 aliphatic rings. The number of piperidine rings is 1. The Balaban J connectivity index is 1.57. The molecule has 0 aliphatic carbocycles. The molecule has 0 N–H and O–H groups in total. The monoisotopic (exact) mass is 357 g/mol. The molecule has 4 heterocycles. The summed E-state index contributed by atoms with van der Waals surface area (Å²) in [6.07, 6.45) is 10.6. The molecule has 0 spiro atoms. The van der Waals surface area contributed by atoms with E-state index in [-0.39, 0.29) is 23.1 Å². The third-order valence-corrected chi connectivity index (χ3v) is 5.48. The van der Waals surface area contributed by atoms with Crippen molar-refractivity contribution in [2.45, 2.75) is 38.3 Å². The van der Waals surface area contributed by atoms with Crippen molar-refractivity contribution in [1.82, 2.24) is 24.1 Å². The molecule has 3 aromatic rings. The lowest BCUT2D eigenvalue weighted by Crippen LogP contribution is -2.46. The van der Waals surface area contributed by atoms with Crippen LogP contribution in [-0.2, 0) is 6.54 Å². The standard InChI is InChI=1S/C17H19N5O2S/c23-15(14-12-18-17-22(16(14)24)10-11-25-17)21-8-2-1-4-13(21)5-9-20-7-3-6-19-20/h3,6-7,10-13H,1-2,4-5,8-9H2/t13-/m1/s1. The van der Waals surface area contributed by atoms with E-state index in [0.717, 1.165) is 32.2 Å². The lowest BCUT2D eigenvalue weighted by atomic mass is 9.98. The van der Waals surface area contributed by atoms with E-state index in [0.29, 0.717) is 11.5 Å². The number of hydrogen-bond acceptors (Lipinski definition) is 5. The van der Waals surface area contributed by atoms with E-state index < -0.39 is 0 Å². The van der Waals surface area contributed by atoms with E-state index in [4.69, 9.17) is 0 Å². The zero-order chi connectivity index (χ0) is 17.2. The highest BCUT2D eigenvalue weighted by Crippen LogP contribution is 2.22. The Bertz CT molecular complexity index is 930. The van der Waals surface area contributed by atoms with Crippen molar-refractivity contribution >= 4 is 22.2 Å². The van der Waals surface area contributed by atoms with Gasteiger partial charge in [-0.2, -0.15) is 5.10 Å². The Morgan fingerprint density at radius 3 is 3.08 bits per heavy atom. The fourth-order valence-electron chi connectivity index (χ4n) is 3.41. The van der Waals surface area contributed by atoms with Gasteiger partial charge in [0, 0.05) is 49.3 Å². The molecular formula is C17H19N5O2S. The Morgan fingerprint density at radius 2 is 2.24 bits per heavy atom. The van der Waals surface area contributed by atoms with Gasteiger partial charge in [-0.1, -0.05) is 0 Å². The van der Waals surface area contributed by atoms with Crippen LogP contribution >= 0.6 is 11.3 Å². The number of thiazole rings is 1. The molecular weight excluding hydrogens is 338 g/mol. The molecule has 1 aliphatic heterocycles. The van der Waals surface area contributed by atoms with E-state index >= 15 is 0 Å². The van der Waals surface area contributed by atoms with Crippen molar-refractivity contribution in [2.75, 3.05) is 6.54 Å². The zero-order valence-electron chi connectivity index (χ0n) is 13.7. The highest BCUT2D eigenvalue weighted by atomic mass is 32.1. The Kier molecular flexibility index (Phi) is 4.35. The molecule has 8 heteroatoms. The SMILES string of the molecule is O=C(c1cnc2sccn2c1=O)N1CCCC[C@@H]1CCn1cccn1. The first kappa shape index (κ1) is 16.0. The van der Waals surface area contributed by atoms with Crippen LogP contribution in [0.15, 0.2) is 41.0 Å². The van der Waals surface area contributed by atoms with Gasteiger partial charge < -0.3 is 4.90 Å². The summed E-state index contributed by atoms with van der Waals surface area (Å²) in [6.45, 7) is 1.45. The van der Waals surface area contributed by atoms with Gasteiger partial charge in [0.2, 0.25) is 0 Å². The lowest BCUT2D eigenvalue weighted by molar-refractivity contribution is 0.0591. The molecule has 0 unspecified atom stereocenters. The van der Waals surface area contributed by atoms with E-state index in [1.165, 1.54) is 21.9 Å². The summed E-state index contributed by atoms with van der Waals surface area (Å²) in [7, 11) is 0. The first-order chi connectivity index (χ1) is 12.2. The first-order valence-corrected chi connectivity index (χ1v) is 9.35. The van der Waals surface area contributed by atoms with Crippen molar-refractivity contribution in [3.8, 4) is 0 Å². The number of carbonyl (C=O) groups excluding carboxylic acids is 1. The van der Waals surface area contributed by atoms with Crippen LogP contribution in [0.5, 0.6) is 0 Å². The highest BCUT2D eigenvalue weighted by Gasteiger charge is 2.29. The number of carbonyl (C=O) groups is 1. The molecule has 1 atom stereocenters. The molecule has 0 radical (unpaired) electrons. The van der Waals surface area contributed by atoms with Crippen molar-refractivity contribution in [1.29, 1.82) is 0 Å². The van der Waals surface area contributed by atoms with Crippen LogP contribution in [0.2, 0.25) is 0 Å². The number of hydrogen-bond donors (Lipinski definition) is 0. The van der Waals surface area contributed by atoms with E-state index in [1.807, 2.05) is 21.8 Å². The van der Waals surface area contributed by atoms with Crippen molar-refractivity contribution in [3.63, 3.8) is 0 Å². The van der Waals surface area contributed by atoms with Crippen LogP contribution in [0.3, 0.4) is 0 Å². The second kappa shape index (κ2) is 6.79. The third-order valence-electron chi connectivity index (χ3n) is 4.71. The van der Waals surface area contributed by atoms with Gasteiger partial charge in [0.25, 0.3) is 11.5 Å². The zero-order valence-corrected chi connectivity index (χ0v) is 14.6. The first-order valence-electron chi connectivity index (χ1n) is 8.47. The number of nitrogens with zero attached hydrogens (tertiary/aromatic N) is 5. The summed E-state index contributed by atoms with van der Waals surface area (Å²) in [4.78, 5) is 32.3. The number of aromatic nitrogens is 4. The topological polar surface area (TPSA) is 72.5 Å². The van der Waals surface area contributed by atoms with Crippen LogP contribution in [0, 0.1) is 0 Å². The molecule has 0 bridgehead atoms. The van der Waals surface area contributed by atoms with Crippen molar-refractivity contribution in [3.05, 3.63) is 52.2 Å². The second-order valence-corrected chi connectivity index (χ2v) is 7.11. The van der Waals surface area contributed by atoms with Gasteiger partial charge in [-0.15, -0.1) is 11.3 Å².